The lowest BCUT2D eigenvalue weighted by Gasteiger charge is -2.33. The third kappa shape index (κ3) is 1.97. The minimum absolute atomic E-state index is 0.133. The monoisotopic (exact) mass is 224 g/mol. The second-order valence-electron chi connectivity index (χ2n) is 4.54. The highest BCUT2D eigenvalue weighted by atomic mass is 16.5. The molecule has 5 nitrogen and oxygen atoms in total. The van der Waals surface area contributed by atoms with Crippen molar-refractivity contribution in [1.82, 2.24) is 20.3 Å². The van der Waals surface area contributed by atoms with Crippen molar-refractivity contribution < 1.29 is 4.74 Å². The zero-order chi connectivity index (χ0) is 11.6. The molecule has 1 saturated heterocycles. The van der Waals surface area contributed by atoms with E-state index in [2.05, 4.69) is 29.5 Å². The fourth-order valence-corrected chi connectivity index (χ4v) is 2.42. The molecule has 0 aromatic carbocycles. The normalized spacial score (nSPS) is 27.2. The highest BCUT2D eigenvalue weighted by Gasteiger charge is 2.40. The lowest BCUT2D eigenvalue weighted by molar-refractivity contribution is -0.0142. The Labute approximate surface area is 96.2 Å². The molecule has 90 valence electrons. The Morgan fingerprint density at radius 1 is 1.69 bits per heavy atom. The van der Waals surface area contributed by atoms with Gasteiger partial charge in [0.05, 0.1) is 23.5 Å². The lowest BCUT2D eigenvalue weighted by Crippen LogP contribution is -2.42. The van der Waals surface area contributed by atoms with E-state index in [0.29, 0.717) is 0 Å². The molecule has 1 N–H and O–H groups in total. The fraction of sp³-hybridized carbons (Fsp3) is 0.818. The van der Waals surface area contributed by atoms with Crippen molar-refractivity contribution in [3.63, 3.8) is 0 Å². The van der Waals surface area contributed by atoms with Gasteiger partial charge in [-0.1, -0.05) is 12.1 Å². The van der Waals surface area contributed by atoms with Crippen molar-refractivity contribution in [2.45, 2.75) is 38.3 Å². The number of aromatic nitrogens is 3. The van der Waals surface area contributed by atoms with Gasteiger partial charge < -0.3 is 10.1 Å². The highest BCUT2D eigenvalue weighted by molar-refractivity contribution is 5.10. The summed E-state index contributed by atoms with van der Waals surface area (Å²) >= 11 is 0. The Hall–Kier alpha value is -0.940. The molecular weight excluding hydrogens is 204 g/mol. The molecule has 0 bridgehead atoms. The van der Waals surface area contributed by atoms with Crippen LogP contribution in [-0.2, 0) is 11.8 Å². The molecular formula is C11H20N4O. The van der Waals surface area contributed by atoms with Gasteiger partial charge in [0, 0.05) is 13.7 Å². The number of aryl methyl sites for hydroxylation is 1. The van der Waals surface area contributed by atoms with Crippen LogP contribution in [0.2, 0.25) is 0 Å². The van der Waals surface area contributed by atoms with Crippen LogP contribution in [-0.4, -0.2) is 33.7 Å². The third-order valence-corrected chi connectivity index (χ3v) is 3.31. The topological polar surface area (TPSA) is 52.0 Å². The number of rotatable bonds is 4. The summed E-state index contributed by atoms with van der Waals surface area (Å²) in [5.41, 5.74) is 0.956. The lowest BCUT2D eigenvalue weighted by atomic mass is 9.91. The summed E-state index contributed by atoms with van der Waals surface area (Å²) < 4.78 is 7.72. The first-order valence-electron chi connectivity index (χ1n) is 5.89. The summed E-state index contributed by atoms with van der Waals surface area (Å²) in [5.74, 6) is 0. The number of ether oxygens (including phenoxy) is 1. The van der Waals surface area contributed by atoms with Gasteiger partial charge in [0.25, 0.3) is 0 Å². The fourth-order valence-electron chi connectivity index (χ4n) is 2.42. The van der Waals surface area contributed by atoms with E-state index in [1.165, 1.54) is 0 Å². The van der Waals surface area contributed by atoms with Gasteiger partial charge in [0.2, 0.25) is 0 Å². The molecule has 0 aliphatic carbocycles. The van der Waals surface area contributed by atoms with E-state index in [9.17, 15) is 0 Å². The van der Waals surface area contributed by atoms with E-state index in [0.717, 1.165) is 31.7 Å². The van der Waals surface area contributed by atoms with E-state index in [1.807, 2.05) is 17.9 Å². The Bertz CT molecular complexity index is 344. The SMILES string of the molecule is CCNC(c1cnnn1C)C1(C)CCCO1. The number of nitrogens with zero attached hydrogens (tertiary/aromatic N) is 3. The summed E-state index contributed by atoms with van der Waals surface area (Å²) in [4.78, 5) is 0. The van der Waals surface area contributed by atoms with Crippen LogP contribution in [0, 0.1) is 0 Å². The van der Waals surface area contributed by atoms with Crippen molar-refractivity contribution in [3.05, 3.63) is 11.9 Å². The van der Waals surface area contributed by atoms with Gasteiger partial charge >= 0.3 is 0 Å². The number of nitrogens with one attached hydrogen (secondary N) is 1. The number of hydrogen-bond acceptors (Lipinski definition) is 4. The van der Waals surface area contributed by atoms with Crippen LogP contribution in [0.25, 0.3) is 0 Å². The van der Waals surface area contributed by atoms with Crippen LogP contribution in [0.5, 0.6) is 0 Å². The molecule has 0 saturated carbocycles. The van der Waals surface area contributed by atoms with Gasteiger partial charge in [-0.3, -0.25) is 4.68 Å². The molecule has 1 fully saturated rings. The second kappa shape index (κ2) is 4.51. The van der Waals surface area contributed by atoms with Crippen LogP contribution in [0.1, 0.15) is 38.4 Å². The van der Waals surface area contributed by atoms with E-state index in [1.54, 1.807) is 0 Å². The van der Waals surface area contributed by atoms with Gasteiger partial charge in [0.15, 0.2) is 0 Å². The van der Waals surface area contributed by atoms with Crippen LogP contribution in [0.15, 0.2) is 6.20 Å². The third-order valence-electron chi connectivity index (χ3n) is 3.31. The zero-order valence-electron chi connectivity index (χ0n) is 10.2. The van der Waals surface area contributed by atoms with Crippen molar-refractivity contribution in [2.75, 3.05) is 13.2 Å². The van der Waals surface area contributed by atoms with Crippen LogP contribution >= 0.6 is 0 Å². The predicted octanol–water partition coefficient (Wildman–Crippen LogP) is 1.03. The molecule has 16 heavy (non-hydrogen) atoms. The maximum absolute atomic E-state index is 5.90. The predicted molar refractivity (Wildman–Crippen MR) is 61.0 cm³/mol. The molecule has 2 unspecified atom stereocenters. The Kier molecular flexibility index (Phi) is 3.25. The van der Waals surface area contributed by atoms with Gasteiger partial charge in [-0.25, -0.2) is 0 Å². The molecule has 2 rings (SSSR count). The minimum atomic E-state index is -0.133. The van der Waals surface area contributed by atoms with Crippen molar-refractivity contribution in [2.24, 2.45) is 7.05 Å². The van der Waals surface area contributed by atoms with E-state index < -0.39 is 0 Å². The molecule has 2 atom stereocenters. The Balaban J connectivity index is 2.26. The molecule has 1 aliphatic heterocycles. The number of hydrogen-bond donors (Lipinski definition) is 1. The van der Waals surface area contributed by atoms with E-state index in [4.69, 9.17) is 4.74 Å². The van der Waals surface area contributed by atoms with E-state index in [-0.39, 0.29) is 11.6 Å². The molecule has 1 aromatic rings. The van der Waals surface area contributed by atoms with Gasteiger partial charge in [-0.2, -0.15) is 0 Å². The molecule has 0 amide bonds. The van der Waals surface area contributed by atoms with Gasteiger partial charge in [-0.15, -0.1) is 5.10 Å². The van der Waals surface area contributed by atoms with Crippen LogP contribution in [0.4, 0.5) is 0 Å². The zero-order valence-corrected chi connectivity index (χ0v) is 10.2. The Morgan fingerprint density at radius 2 is 2.50 bits per heavy atom. The van der Waals surface area contributed by atoms with Crippen molar-refractivity contribution in [3.8, 4) is 0 Å². The number of likely N-dealkylation sites (N-methyl/N-ethyl adjacent to an activating group) is 1. The average Bonchev–Trinajstić information content (AvgIpc) is 2.85. The van der Waals surface area contributed by atoms with Crippen LogP contribution < -0.4 is 5.32 Å². The maximum atomic E-state index is 5.90. The summed E-state index contributed by atoms with van der Waals surface area (Å²) in [6.07, 6.45) is 4.03. The van der Waals surface area contributed by atoms with Gasteiger partial charge in [0.1, 0.15) is 0 Å². The Morgan fingerprint density at radius 3 is 3.00 bits per heavy atom. The molecule has 1 aliphatic rings. The van der Waals surface area contributed by atoms with E-state index >= 15 is 0 Å². The van der Waals surface area contributed by atoms with Crippen molar-refractivity contribution >= 4 is 0 Å². The minimum Gasteiger partial charge on any atom is -0.373 e. The smallest absolute Gasteiger partial charge is 0.0865 e. The largest absolute Gasteiger partial charge is 0.373 e. The highest BCUT2D eigenvalue weighted by Crippen LogP contribution is 2.36. The quantitative estimate of drug-likeness (QED) is 0.830. The first-order chi connectivity index (χ1) is 7.67. The second-order valence-corrected chi connectivity index (χ2v) is 4.54. The summed E-state index contributed by atoms with van der Waals surface area (Å²) in [7, 11) is 1.92. The van der Waals surface area contributed by atoms with Gasteiger partial charge in [-0.05, 0) is 26.3 Å². The molecule has 5 heteroatoms. The summed E-state index contributed by atoms with van der Waals surface area (Å²) in [5, 5.41) is 11.4. The maximum Gasteiger partial charge on any atom is 0.0865 e. The molecule has 2 heterocycles. The van der Waals surface area contributed by atoms with Crippen LogP contribution in [0.3, 0.4) is 0 Å². The summed E-state index contributed by atoms with van der Waals surface area (Å²) in [6.45, 7) is 6.04. The molecule has 0 spiro atoms. The molecule has 1 aromatic heterocycles. The average molecular weight is 224 g/mol. The van der Waals surface area contributed by atoms with Crippen molar-refractivity contribution in [1.29, 1.82) is 0 Å². The first-order valence-corrected chi connectivity index (χ1v) is 5.89. The first kappa shape index (κ1) is 11.5. The standard InChI is InChI=1S/C11H20N4O/c1-4-12-10(9-8-13-14-15(9)3)11(2)6-5-7-16-11/h8,10,12H,4-7H2,1-3H3. The summed E-state index contributed by atoms with van der Waals surface area (Å²) in [6, 6.07) is 0.167. The molecule has 0 radical (unpaired) electrons.